The normalized spacial score (nSPS) is 10.6. The molecule has 0 saturated carbocycles. The molecule has 0 radical (unpaired) electrons. The minimum absolute atomic E-state index is 0.0401. The van der Waals surface area contributed by atoms with Gasteiger partial charge in [0.1, 0.15) is 5.75 Å². The molecular formula is C21H17N3O2. The highest BCUT2D eigenvalue weighted by Gasteiger charge is 2.05. The first-order valence-electron chi connectivity index (χ1n) is 8.28. The predicted octanol–water partition coefficient (Wildman–Crippen LogP) is 4.04. The number of nitrogens with one attached hydrogen (secondary N) is 1. The van der Waals surface area contributed by atoms with Crippen molar-refractivity contribution in [2.75, 3.05) is 11.9 Å². The zero-order valence-corrected chi connectivity index (χ0v) is 14.0. The first kappa shape index (κ1) is 15.9. The van der Waals surface area contributed by atoms with Crippen molar-refractivity contribution in [3.05, 3.63) is 85.5 Å². The summed E-state index contributed by atoms with van der Waals surface area (Å²) in [6, 6.07) is 21.4. The second-order valence-electron chi connectivity index (χ2n) is 5.86. The van der Waals surface area contributed by atoms with Gasteiger partial charge in [-0.3, -0.25) is 4.79 Å². The van der Waals surface area contributed by atoms with Gasteiger partial charge in [-0.1, -0.05) is 30.3 Å². The SMILES string of the molecule is O=C(COc1ccc2ccccc2c1)Nc1ccc(-n2ccnc2)cc1. The second kappa shape index (κ2) is 7.11. The molecule has 0 unspecified atom stereocenters. The largest absolute Gasteiger partial charge is 0.484 e. The zero-order valence-electron chi connectivity index (χ0n) is 14.0. The average molecular weight is 343 g/mol. The third-order valence-corrected chi connectivity index (χ3v) is 4.04. The highest BCUT2D eigenvalue weighted by Crippen LogP contribution is 2.20. The lowest BCUT2D eigenvalue weighted by molar-refractivity contribution is -0.118. The van der Waals surface area contributed by atoms with E-state index in [-0.39, 0.29) is 12.5 Å². The molecule has 5 nitrogen and oxygen atoms in total. The number of amides is 1. The Morgan fingerprint density at radius 2 is 1.81 bits per heavy atom. The standard InChI is InChI=1S/C21H17N3O2/c25-21(14-26-20-10-5-16-3-1-2-4-17(16)13-20)23-18-6-8-19(9-7-18)24-12-11-22-15-24/h1-13,15H,14H2,(H,23,25). The van der Waals surface area contributed by atoms with Gasteiger partial charge in [-0.15, -0.1) is 0 Å². The summed E-state index contributed by atoms with van der Waals surface area (Å²) in [6.07, 6.45) is 5.32. The molecular weight excluding hydrogens is 326 g/mol. The van der Waals surface area contributed by atoms with Gasteiger partial charge in [-0.25, -0.2) is 4.98 Å². The molecule has 0 atom stereocenters. The lowest BCUT2D eigenvalue weighted by Gasteiger charge is -2.09. The summed E-state index contributed by atoms with van der Waals surface area (Å²) in [5.41, 5.74) is 1.70. The van der Waals surface area contributed by atoms with Gasteiger partial charge in [0, 0.05) is 23.8 Å². The van der Waals surface area contributed by atoms with Crippen LogP contribution < -0.4 is 10.1 Å². The van der Waals surface area contributed by atoms with Crippen LogP contribution in [0.3, 0.4) is 0 Å². The maximum atomic E-state index is 12.1. The number of carbonyl (C=O) groups excluding carboxylic acids is 1. The van der Waals surface area contributed by atoms with E-state index in [9.17, 15) is 4.79 Å². The number of hydrogen-bond acceptors (Lipinski definition) is 3. The molecule has 0 saturated heterocycles. The molecule has 0 spiro atoms. The van der Waals surface area contributed by atoms with Crippen LogP contribution in [0.4, 0.5) is 5.69 Å². The molecule has 1 amide bonds. The maximum Gasteiger partial charge on any atom is 0.262 e. The van der Waals surface area contributed by atoms with E-state index in [0.717, 1.165) is 22.1 Å². The molecule has 26 heavy (non-hydrogen) atoms. The molecule has 3 aromatic carbocycles. The summed E-state index contributed by atoms with van der Waals surface area (Å²) < 4.78 is 7.50. The second-order valence-corrected chi connectivity index (χ2v) is 5.86. The number of imidazole rings is 1. The van der Waals surface area contributed by atoms with E-state index in [4.69, 9.17) is 4.74 Å². The molecule has 1 aromatic heterocycles. The van der Waals surface area contributed by atoms with Crippen molar-refractivity contribution in [1.29, 1.82) is 0 Å². The average Bonchev–Trinajstić information content (AvgIpc) is 3.22. The van der Waals surface area contributed by atoms with Crippen molar-refractivity contribution in [3.63, 3.8) is 0 Å². The van der Waals surface area contributed by atoms with E-state index in [0.29, 0.717) is 5.75 Å². The van der Waals surface area contributed by atoms with Gasteiger partial charge < -0.3 is 14.6 Å². The third-order valence-electron chi connectivity index (χ3n) is 4.04. The summed E-state index contributed by atoms with van der Waals surface area (Å²) in [5, 5.41) is 5.06. The number of rotatable bonds is 5. The Hall–Kier alpha value is -3.60. The van der Waals surface area contributed by atoms with Crippen molar-refractivity contribution >= 4 is 22.4 Å². The van der Waals surface area contributed by atoms with E-state index in [2.05, 4.69) is 10.3 Å². The summed E-state index contributed by atoms with van der Waals surface area (Å²) in [4.78, 5) is 16.1. The van der Waals surface area contributed by atoms with Crippen LogP contribution in [0.15, 0.2) is 85.5 Å². The first-order chi connectivity index (χ1) is 12.8. The molecule has 4 rings (SSSR count). The fraction of sp³-hybridized carbons (Fsp3) is 0.0476. The number of nitrogens with zero attached hydrogens (tertiary/aromatic N) is 2. The number of carbonyl (C=O) groups is 1. The monoisotopic (exact) mass is 343 g/mol. The number of aromatic nitrogens is 2. The zero-order chi connectivity index (χ0) is 17.8. The Morgan fingerprint density at radius 3 is 2.58 bits per heavy atom. The van der Waals surface area contributed by atoms with E-state index in [1.807, 2.05) is 77.5 Å². The quantitative estimate of drug-likeness (QED) is 0.595. The van der Waals surface area contributed by atoms with Crippen molar-refractivity contribution in [2.45, 2.75) is 0 Å². The van der Waals surface area contributed by atoms with Crippen LogP contribution in [0.2, 0.25) is 0 Å². The van der Waals surface area contributed by atoms with Crippen molar-refractivity contribution < 1.29 is 9.53 Å². The fourth-order valence-electron chi connectivity index (χ4n) is 2.73. The van der Waals surface area contributed by atoms with Crippen LogP contribution in [0.5, 0.6) is 5.75 Å². The topological polar surface area (TPSA) is 56.1 Å². The summed E-state index contributed by atoms with van der Waals surface area (Å²) in [7, 11) is 0. The Bertz CT molecular complexity index is 1020. The smallest absolute Gasteiger partial charge is 0.262 e. The summed E-state index contributed by atoms with van der Waals surface area (Å²) in [6.45, 7) is -0.0401. The Balaban J connectivity index is 1.36. The molecule has 0 bridgehead atoms. The van der Waals surface area contributed by atoms with Crippen LogP contribution in [0.25, 0.3) is 16.5 Å². The van der Waals surface area contributed by atoms with Gasteiger partial charge in [-0.2, -0.15) is 0 Å². The number of ether oxygens (including phenoxy) is 1. The van der Waals surface area contributed by atoms with E-state index >= 15 is 0 Å². The van der Waals surface area contributed by atoms with Crippen molar-refractivity contribution in [3.8, 4) is 11.4 Å². The highest BCUT2D eigenvalue weighted by molar-refractivity contribution is 5.92. The maximum absolute atomic E-state index is 12.1. The van der Waals surface area contributed by atoms with Gasteiger partial charge in [0.15, 0.2) is 6.61 Å². The molecule has 4 aromatic rings. The molecule has 1 N–H and O–H groups in total. The molecule has 0 aliphatic rings. The molecule has 1 heterocycles. The van der Waals surface area contributed by atoms with Crippen LogP contribution in [-0.2, 0) is 4.79 Å². The first-order valence-corrected chi connectivity index (χ1v) is 8.28. The fourth-order valence-corrected chi connectivity index (χ4v) is 2.73. The molecule has 0 aliphatic carbocycles. The van der Waals surface area contributed by atoms with Crippen molar-refractivity contribution in [1.82, 2.24) is 9.55 Å². The Labute approximate surface area is 150 Å². The molecule has 5 heteroatoms. The van der Waals surface area contributed by atoms with Gasteiger partial charge >= 0.3 is 0 Å². The van der Waals surface area contributed by atoms with E-state index < -0.39 is 0 Å². The van der Waals surface area contributed by atoms with Gasteiger partial charge in [0.05, 0.1) is 6.33 Å². The number of hydrogen-bond donors (Lipinski definition) is 1. The lowest BCUT2D eigenvalue weighted by Crippen LogP contribution is -2.20. The minimum atomic E-state index is -0.200. The van der Waals surface area contributed by atoms with Crippen LogP contribution in [-0.4, -0.2) is 22.1 Å². The predicted molar refractivity (Wildman–Crippen MR) is 102 cm³/mol. The molecule has 0 fully saturated rings. The summed E-state index contributed by atoms with van der Waals surface area (Å²) >= 11 is 0. The third kappa shape index (κ3) is 3.57. The minimum Gasteiger partial charge on any atom is -0.484 e. The molecule has 0 aliphatic heterocycles. The van der Waals surface area contributed by atoms with Gasteiger partial charge in [0.2, 0.25) is 0 Å². The Morgan fingerprint density at radius 1 is 1.00 bits per heavy atom. The van der Waals surface area contributed by atoms with Gasteiger partial charge in [0.25, 0.3) is 5.91 Å². The number of anilines is 1. The highest BCUT2D eigenvalue weighted by atomic mass is 16.5. The van der Waals surface area contributed by atoms with Crippen LogP contribution in [0, 0.1) is 0 Å². The van der Waals surface area contributed by atoms with Gasteiger partial charge in [-0.05, 0) is 47.2 Å². The van der Waals surface area contributed by atoms with Crippen LogP contribution >= 0.6 is 0 Å². The number of benzene rings is 3. The number of fused-ring (bicyclic) bond motifs is 1. The Kier molecular flexibility index (Phi) is 4.35. The summed E-state index contributed by atoms with van der Waals surface area (Å²) in [5.74, 6) is 0.475. The molecule has 128 valence electrons. The van der Waals surface area contributed by atoms with E-state index in [1.54, 1.807) is 12.5 Å². The van der Waals surface area contributed by atoms with E-state index in [1.165, 1.54) is 0 Å². The van der Waals surface area contributed by atoms with Crippen LogP contribution in [0.1, 0.15) is 0 Å². The van der Waals surface area contributed by atoms with Crippen molar-refractivity contribution in [2.24, 2.45) is 0 Å². The lowest BCUT2D eigenvalue weighted by atomic mass is 10.1.